The van der Waals surface area contributed by atoms with Crippen LogP contribution in [0.2, 0.25) is 0 Å². The second-order valence-corrected chi connectivity index (χ2v) is 5.15. The summed E-state index contributed by atoms with van der Waals surface area (Å²) in [6.07, 6.45) is 2.05. The molecule has 1 heterocycles. The maximum atomic E-state index is 11.8. The average molecular weight is 286 g/mol. The van der Waals surface area contributed by atoms with E-state index in [1.54, 1.807) is 0 Å². The Labute approximate surface area is 116 Å². The zero-order chi connectivity index (χ0) is 14.4. The Kier molecular flexibility index (Phi) is 5.88. The number of hydrogen-bond donors (Lipinski definition) is 1. The number of nitrogens with one attached hydrogen (secondary N) is 1. The van der Waals surface area contributed by atoms with Crippen molar-refractivity contribution in [3.63, 3.8) is 0 Å². The van der Waals surface area contributed by atoms with E-state index < -0.39 is 5.97 Å². The molecule has 1 N–H and O–H groups in total. The molecule has 2 amide bonds. The van der Waals surface area contributed by atoms with E-state index in [1.165, 1.54) is 29.8 Å². The first-order valence-corrected chi connectivity index (χ1v) is 6.98. The van der Waals surface area contributed by atoms with Gasteiger partial charge in [-0.3, -0.25) is 14.5 Å². The topological polar surface area (TPSA) is 75.7 Å². The molecule has 1 aliphatic rings. The monoisotopic (exact) mass is 286 g/mol. The molecule has 1 fully saturated rings. The number of thioether (sulfide) groups is 1. The number of esters is 1. The van der Waals surface area contributed by atoms with Crippen molar-refractivity contribution in [2.24, 2.45) is 0 Å². The second kappa shape index (κ2) is 7.18. The van der Waals surface area contributed by atoms with Crippen molar-refractivity contribution < 1.29 is 19.1 Å². The SMILES string of the molecule is CCC(C)NC(=O)CN1C(=O)CS/C1=C\C(=O)OC. The molecule has 106 valence electrons. The van der Waals surface area contributed by atoms with Gasteiger partial charge in [0.2, 0.25) is 11.8 Å². The smallest absolute Gasteiger partial charge is 0.333 e. The molecule has 6 nitrogen and oxygen atoms in total. The lowest BCUT2D eigenvalue weighted by molar-refractivity contribution is -0.135. The summed E-state index contributed by atoms with van der Waals surface area (Å²) in [7, 11) is 1.26. The molecular weight excluding hydrogens is 268 g/mol. The van der Waals surface area contributed by atoms with Gasteiger partial charge >= 0.3 is 5.97 Å². The van der Waals surface area contributed by atoms with Crippen LogP contribution in [0.1, 0.15) is 20.3 Å². The Morgan fingerprint density at radius 3 is 2.84 bits per heavy atom. The molecule has 0 aliphatic carbocycles. The predicted octanol–water partition coefficient (Wildman–Crippen LogP) is 0.491. The lowest BCUT2D eigenvalue weighted by atomic mass is 10.2. The molecule has 0 bridgehead atoms. The molecule has 0 saturated carbocycles. The zero-order valence-electron chi connectivity index (χ0n) is 11.3. The minimum atomic E-state index is -0.537. The van der Waals surface area contributed by atoms with E-state index in [4.69, 9.17) is 0 Å². The van der Waals surface area contributed by atoms with Crippen LogP contribution in [0.4, 0.5) is 0 Å². The number of ether oxygens (including phenoxy) is 1. The highest BCUT2D eigenvalue weighted by atomic mass is 32.2. The van der Waals surface area contributed by atoms with Gasteiger partial charge in [-0.15, -0.1) is 0 Å². The third kappa shape index (κ3) is 4.59. The van der Waals surface area contributed by atoms with Gasteiger partial charge in [0.1, 0.15) is 6.54 Å². The van der Waals surface area contributed by atoms with Crippen LogP contribution in [-0.4, -0.2) is 48.1 Å². The molecule has 0 aromatic rings. The molecule has 7 heteroatoms. The molecular formula is C12H18N2O4S. The van der Waals surface area contributed by atoms with Gasteiger partial charge in [-0.05, 0) is 13.3 Å². The van der Waals surface area contributed by atoms with Crippen LogP contribution in [0.5, 0.6) is 0 Å². The fourth-order valence-electron chi connectivity index (χ4n) is 1.43. The Hall–Kier alpha value is -1.50. The van der Waals surface area contributed by atoms with Gasteiger partial charge in [0.15, 0.2) is 0 Å². The molecule has 1 saturated heterocycles. The number of carbonyl (C=O) groups is 3. The molecule has 0 aromatic carbocycles. The normalized spacial score (nSPS) is 18.6. The van der Waals surface area contributed by atoms with Crippen molar-refractivity contribution in [2.75, 3.05) is 19.4 Å². The fraction of sp³-hybridized carbons (Fsp3) is 0.583. The maximum Gasteiger partial charge on any atom is 0.333 e. The largest absolute Gasteiger partial charge is 0.466 e. The Balaban J connectivity index is 2.68. The van der Waals surface area contributed by atoms with Crippen molar-refractivity contribution in [1.29, 1.82) is 0 Å². The lowest BCUT2D eigenvalue weighted by Gasteiger charge is -2.18. The molecule has 0 spiro atoms. The van der Waals surface area contributed by atoms with Crippen LogP contribution in [0, 0.1) is 0 Å². The van der Waals surface area contributed by atoms with Gasteiger partial charge in [0.25, 0.3) is 0 Å². The van der Waals surface area contributed by atoms with E-state index in [9.17, 15) is 14.4 Å². The van der Waals surface area contributed by atoms with Gasteiger partial charge in [0, 0.05) is 6.04 Å². The van der Waals surface area contributed by atoms with E-state index in [0.717, 1.165) is 6.42 Å². The number of hydrogen-bond acceptors (Lipinski definition) is 5. The van der Waals surface area contributed by atoms with Gasteiger partial charge < -0.3 is 10.1 Å². The number of rotatable bonds is 5. The van der Waals surface area contributed by atoms with Crippen LogP contribution < -0.4 is 5.32 Å². The first kappa shape index (κ1) is 15.6. The summed E-state index contributed by atoms with van der Waals surface area (Å²) < 4.78 is 4.52. The van der Waals surface area contributed by atoms with Crippen molar-refractivity contribution in [3.05, 3.63) is 11.1 Å². The summed E-state index contributed by atoms with van der Waals surface area (Å²) in [5.41, 5.74) is 0. The first-order chi connectivity index (χ1) is 8.97. The molecule has 1 unspecified atom stereocenters. The third-order valence-electron chi connectivity index (χ3n) is 2.67. The minimum Gasteiger partial charge on any atom is -0.466 e. The molecule has 1 atom stereocenters. The third-order valence-corrected chi connectivity index (χ3v) is 3.70. The Morgan fingerprint density at radius 1 is 1.58 bits per heavy atom. The van der Waals surface area contributed by atoms with E-state index in [-0.39, 0.29) is 30.2 Å². The van der Waals surface area contributed by atoms with E-state index in [1.807, 2.05) is 13.8 Å². The van der Waals surface area contributed by atoms with E-state index in [0.29, 0.717) is 5.03 Å². The van der Waals surface area contributed by atoms with Crippen LogP contribution in [0.3, 0.4) is 0 Å². The highest BCUT2D eigenvalue weighted by molar-refractivity contribution is 8.04. The van der Waals surface area contributed by atoms with Crippen LogP contribution >= 0.6 is 11.8 Å². The summed E-state index contributed by atoms with van der Waals surface area (Å²) in [6.45, 7) is 3.78. The summed E-state index contributed by atoms with van der Waals surface area (Å²) >= 11 is 1.23. The Bertz CT molecular complexity index is 409. The van der Waals surface area contributed by atoms with Crippen molar-refractivity contribution in [2.45, 2.75) is 26.3 Å². The van der Waals surface area contributed by atoms with Crippen LogP contribution in [0.15, 0.2) is 11.1 Å². The fourth-order valence-corrected chi connectivity index (χ4v) is 2.35. The molecule has 19 heavy (non-hydrogen) atoms. The number of methoxy groups -OCH3 is 1. The highest BCUT2D eigenvalue weighted by Gasteiger charge is 2.29. The van der Waals surface area contributed by atoms with Gasteiger partial charge in [0.05, 0.1) is 24.0 Å². The molecule has 0 radical (unpaired) electrons. The van der Waals surface area contributed by atoms with Gasteiger partial charge in [-0.1, -0.05) is 18.7 Å². The predicted molar refractivity (Wildman–Crippen MR) is 72.2 cm³/mol. The maximum absolute atomic E-state index is 11.8. The van der Waals surface area contributed by atoms with E-state index >= 15 is 0 Å². The van der Waals surface area contributed by atoms with Gasteiger partial charge in [-0.25, -0.2) is 4.79 Å². The summed E-state index contributed by atoms with van der Waals surface area (Å²) in [6, 6.07) is 0.0610. The summed E-state index contributed by atoms with van der Waals surface area (Å²) in [5.74, 6) is -0.718. The minimum absolute atomic E-state index is 0.0610. The quantitative estimate of drug-likeness (QED) is 0.588. The first-order valence-electron chi connectivity index (χ1n) is 6.00. The number of nitrogens with zero attached hydrogens (tertiary/aromatic N) is 1. The zero-order valence-corrected chi connectivity index (χ0v) is 12.1. The lowest BCUT2D eigenvalue weighted by Crippen LogP contribution is -2.41. The standard InChI is InChI=1S/C12H18N2O4S/c1-4-8(2)13-9(15)6-14-10(16)7-19-11(14)5-12(17)18-3/h5,8H,4,6-7H2,1-3H3,(H,13,15)/b11-5-. The molecule has 1 rings (SSSR count). The molecule has 0 aromatic heterocycles. The summed E-state index contributed by atoms with van der Waals surface area (Å²) in [5, 5.41) is 3.23. The van der Waals surface area contributed by atoms with Crippen molar-refractivity contribution in [1.82, 2.24) is 10.2 Å². The van der Waals surface area contributed by atoms with Crippen molar-refractivity contribution in [3.8, 4) is 0 Å². The highest BCUT2D eigenvalue weighted by Crippen LogP contribution is 2.28. The van der Waals surface area contributed by atoms with Gasteiger partial charge in [-0.2, -0.15) is 0 Å². The Morgan fingerprint density at radius 2 is 2.26 bits per heavy atom. The number of carbonyl (C=O) groups excluding carboxylic acids is 3. The number of amides is 2. The average Bonchev–Trinajstić information content (AvgIpc) is 2.71. The molecule has 1 aliphatic heterocycles. The van der Waals surface area contributed by atoms with Crippen LogP contribution in [0.25, 0.3) is 0 Å². The van der Waals surface area contributed by atoms with Crippen LogP contribution in [-0.2, 0) is 19.1 Å². The van der Waals surface area contributed by atoms with Crippen molar-refractivity contribution >= 4 is 29.5 Å². The van der Waals surface area contributed by atoms with E-state index in [2.05, 4.69) is 10.1 Å². The summed E-state index contributed by atoms with van der Waals surface area (Å²) in [4.78, 5) is 35.9. The second-order valence-electron chi connectivity index (χ2n) is 4.15.